The quantitative estimate of drug-likeness (QED) is 0.905. The summed E-state index contributed by atoms with van der Waals surface area (Å²) >= 11 is 1.91. The van der Waals surface area contributed by atoms with Gasteiger partial charge in [-0.2, -0.15) is 16.9 Å². The van der Waals surface area contributed by atoms with Crippen LogP contribution in [0.15, 0.2) is 24.3 Å². The fourth-order valence-corrected chi connectivity index (χ4v) is 3.35. The van der Waals surface area contributed by atoms with Crippen molar-refractivity contribution in [2.24, 2.45) is 0 Å². The molecule has 2 heterocycles. The summed E-state index contributed by atoms with van der Waals surface area (Å²) in [5.74, 6) is 4.11. The predicted molar refractivity (Wildman–Crippen MR) is 81.3 cm³/mol. The maximum atomic E-state index is 6.16. The van der Waals surface area contributed by atoms with E-state index in [2.05, 4.69) is 10.2 Å². The van der Waals surface area contributed by atoms with Crippen LogP contribution >= 0.6 is 11.8 Å². The van der Waals surface area contributed by atoms with E-state index in [1.807, 2.05) is 30.0 Å². The average Bonchev–Trinajstić information content (AvgIpc) is 3.11. The Labute approximate surface area is 121 Å². The number of nitrogen functional groups attached to an aromatic ring is 1. The first-order valence-electron chi connectivity index (χ1n) is 6.50. The number of aromatic amines is 1. The first kappa shape index (κ1) is 13.2. The van der Waals surface area contributed by atoms with Crippen molar-refractivity contribution in [2.45, 2.75) is 12.5 Å². The summed E-state index contributed by atoms with van der Waals surface area (Å²) in [6, 6.07) is 7.61. The molecule has 3 N–H and O–H groups in total. The number of H-pyrrole nitrogens is 1. The number of ether oxygens (including phenoxy) is 2. The van der Waals surface area contributed by atoms with Crippen LogP contribution < -0.4 is 15.2 Å². The van der Waals surface area contributed by atoms with Crippen LogP contribution in [0.4, 0.5) is 5.82 Å². The normalized spacial score (nSPS) is 18.1. The first-order valence-corrected chi connectivity index (χ1v) is 7.66. The smallest absolute Gasteiger partial charge is 0.170 e. The lowest BCUT2D eigenvalue weighted by atomic mass is 10.1. The molecule has 1 fully saturated rings. The zero-order chi connectivity index (χ0) is 13.9. The number of hydrogen-bond acceptors (Lipinski definition) is 5. The Bertz CT molecular complexity index is 594. The van der Waals surface area contributed by atoms with E-state index in [0.29, 0.717) is 5.82 Å². The summed E-state index contributed by atoms with van der Waals surface area (Å²) in [6.07, 6.45) is 1.29. The monoisotopic (exact) mass is 291 g/mol. The zero-order valence-corrected chi connectivity index (χ0v) is 12.1. The Kier molecular flexibility index (Phi) is 3.73. The number of hydrogen-bond donors (Lipinski definition) is 2. The van der Waals surface area contributed by atoms with E-state index in [1.165, 1.54) is 0 Å². The van der Waals surface area contributed by atoms with E-state index >= 15 is 0 Å². The van der Waals surface area contributed by atoms with Gasteiger partial charge in [-0.05, 0) is 24.3 Å². The SMILES string of the molecule is COc1cccc(-c2cc(N)n[nH]2)c1OC1CCSC1. The Morgan fingerprint density at radius 3 is 3.00 bits per heavy atom. The van der Waals surface area contributed by atoms with Gasteiger partial charge in [0.15, 0.2) is 11.5 Å². The van der Waals surface area contributed by atoms with Crippen LogP contribution in [-0.4, -0.2) is 34.9 Å². The molecule has 5 nitrogen and oxygen atoms in total. The Morgan fingerprint density at radius 2 is 2.35 bits per heavy atom. The molecule has 0 saturated carbocycles. The Hall–Kier alpha value is -1.82. The lowest BCUT2D eigenvalue weighted by Gasteiger charge is -2.18. The van der Waals surface area contributed by atoms with Crippen LogP contribution in [0.25, 0.3) is 11.3 Å². The molecule has 0 bridgehead atoms. The van der Waals surface area contributed by atoms with Crippen LogP contribution in [0.3, 0.4) is 0 Å². The molecule has 6 heteroatoms. The highest BCUT2D eigenvalue weighted by Gasteiger charge is 2.22. The van der Waals surface area contributed by atoms with E-state index in [0.717, 1.165) is 40.7 Å². The number of anilines is 1. The first-order chi connectivity index (χ1) is 9.78. The highest BCUT2D eigenvalue weighted by molar-refractivity contribution is 7.99. The van der Waals surface area contributed by atoms with Gasteiger partial charge in [-0.1, -0.05) is 6.07 Å². The largest absolute Gasteiger partial charge is 0.493 e. The molecule has 0 radical (unpaired) electrons. The van der Waals surface area contributed by atoms with E-state index < -0.39 is 0 Å². The molecule has 0 spiro atoms. The van der Waals surface area contributed by atoms with Gasteiger partial charge in [0.2, 0.25) is 0 Å². The number of thioether (sulfide) groups is 1. The molecular weight excluding hydrogens is 274 g/mol. The molecule has 0 aliphatic carbocycles. The molecule has 0 amide bonds. The third-order valence-electron chi connectivity index (χ3n) is 3.26. The number of nitrogens with one attached hydrogen (secondary N) is 1. The Balaban J connectivity index is 1.99. The van der Waals surface area contributed by atoms with Crippen LogP contribution in [-0.2, 0) is 0 Å². The van der Waals surface area contributed by atoms with Gasteiger partial charge in [-0.15, -0.1) is 0 Å². The molecule has 1 aromatic carbocycles. The molecule has 20 heavy (non-hydrogen) atoms. The van der Waals surface area contributed by atoms with Gasteiger partial charge in [0, 0.05) is 17.4 Å². The molecule has 1 saturated heterocycles. The minimum absolute atomic E-state index is 0.232. The molecule has 1 atom stereocenters. The molecular formula is C14H17N3O2S. The minimum atomic E-state index is 0.232. The summed E-state index contributed by atoms with van der Waals surface area (Å²) in [4.78, 5) is 0. The lowest BCUT2D eigenvalue weighted by Crippen LogP contribution is -2.15. The zero-order valence-electron chi connectivity index (χ0n) is 11.3. The molecule has 1 aliphatic rings. The van der Waals surface area contributed by atoms with Gasteiger partial charge in [-0.25, -0.2) is 0 Å². The number of nitrogens with two attached hydrogens (primary N) is 1. The fourth-order valence-electron chi connectivity index (χ4n) is 2.26. The van der Waals surface area contributed by atoms with Crippen molar-refractivity contribution in [3.8, 4) is 22.8 Å². The van der Waals surface area contributed by atoms with Crippen molar-refractivity contribution < 1.29 is 9.47 Å². The molecule has 1 aromatic heterocycles. The van der Waals surface area contributed by atoms with E-state index in [4.69, 9.17) is 15.2 Å². The number of methoxy groups -OCH3 is 1. The third kappa shape index (κ3) is 2.56. The van der Waals surface area contributed by atoms with Gasteiger partial charge in [-0.3, -0.25) is 5.10 Å². The van der Waals surface area contributed by atoms with Crippen molar-refractivity contribution in [1.29, 1.82) is 0 Å². The van der Waals surface area contributed by atoms with E-state index in [1.54, 1.807) is 13.2 Å². The molecule has 106 valence electrons. The fraction of sp³-hybridized carbons (Fsp3) is 0.357. The number of nitrogens with zero attached hydrogens (tertiary/aromatic N) is 1. The van der Waals surface area contributed by atoms with Gasteiger partial charge in [0.1, 0.15) is 11.9 Å². The summed E-state index contributed by atoms with van der Waals surface area (Å²) < 4.78 is 11.6. The molecule has 2 aromatic rings. The van der Waals surface area contributed by atoms with Gasteiger partial charge < -0.3 is 15.2 Å². The second kappa shape index (κ2) is 5.66. The van der Waals surface area contributed by atoms with Crippen molar-refractivity contribution in [2.75, 3.05) is 24.3 Å². The topological polar surface area (TPSA) is 73.2 Å². The van der Waals surface area contributed by atoms with Crippen molar-refractivity contribution in [3.63, 3.8) is 0 Å². The minimum Gasteiger partial charge on any atom is -0.493 e. The number of benzene rings is 1. The third-order valence-corrected chi connectivity index (χ3v) is 4.39. The van der Waals surface area contributed by atoms with Crippen molar-refractivity contribution in [1.82, 2.24) is 10.2 Å². The maximum Gasteiger partial charge on any atom is 0.170 e. The highest BCUT2D eigenvalue weighted by Crippen LogP contribution is 2.39. The van der Waals surface area contributed by atoms with Crippen LogP contribution in [0, 0.1) is 0 Å². The molecule has 1 unspecified atom stereocenters. The van der Waals surface area contributed by atoms with Gasteiger partial charge in [0.05, 0.1) is 12.8 Å². The van der Waals surface area contributed by atoms with Crippen molar-refractivity contribution in [3.05, 3.63) is 24.3 Å². The Morgan fingerprint density at radius 1 is 1.45 bits per heavy atom. The number of rotatable bonds is 4. The highest BCUT2D eigenvalue weighted by atomic mass is 32.2. The van der Waals surface area contributed by atoms with Crippen LogP contribution in [0.1, 0.15) is 6.42 Å². The average molecular weight is 291 g/mol. The van der Waals surface area contributed by atoms with Crippen molar-refractivity contribution >= 4 is 17.6 Å². The molecule has 1 aliphatic heterocycles. The lowest BCUT2D eigenvalue weighted by molar-refractivity contribution is 0.219. The predicted octanol–water partition coefficient (Wildman–Crippen LogP) is 2.55. The summed E-state index contributed by atoms with van der Waals surface area (Å²) in [6.45, 7) is 0. The summed E-state index contributed by atoms with van der Waals surface area (Å²) in [5.41, 5.74) is 7.44. The van der Waals surface area contributed by atoms with E-state index in [-0.39, 0.29) is 6.10 Å². The van der Waals surface area contributed by atoms with E-state index in [9.17, 15) is 0 Å². The van der Waals surface area contributed by atoms with Gasteiger partial charge >= 0.3 is 0 Å². The number of aromatic nitrogens is 2. The maximum absolute atomic E-state index is 6.16. The van der Waals surface area contributed by atoms with Crippen LogP contribution in [0.5, 0.6) is 11.5 Å². The van der Waals surface area contributed by atoms with Gasteiger partial charge in [0.25, 0.3) is 0 Å². The second-order valence-corrected chi connectivity index (χ2v) is 5.80. The standard InChI is InChI=1S/C14H17N3O2S/c1-18-12-4-2-3-10(11-7-13(15)17-16-11)14(12)19-9-5-6-20-8-9/h2-4,7,9H,5-6,8H2,1H3,(H3,15,16,17). The number of para-hydroxylation sites is 1. The summed E-state index contributed by atoms with van der Waals surface area (Å²) in [7, 11) is 1.65. The van der Waals surface area contributed by atoms with Crippen LogP contribution in [0.2, 0.25) is 0 Å². The second-order valence-electron chi connectivity index (χ2n) is 4.65. The summed E-state index contributed by atoms with van der Waals surface area (Å²) in [5, 5.41) is 6.90. The molecule has 3 rings (SSSR count).